The molecular weight excluding hydrogens is 254 g/mol. The van der Waals surface area contributed by atoms with Crippen LogP contribution in [0, 0.1) is 5.92 Å². The van der Waals surface area contributed by atoms with Crippen molar-refractivity contribution >= 4 is 15.9 Å². The smallest absolute Gasteiger partial charge is 0.387 e. The van der Waals surface area contributed by atoms with Gasteiger partial charge in [0, 0.05) is 5.92 Å². The summed E-state index contributed by atoms with van der Waals surface area (Å²) in [6.45, 7) is 1.03. The van der Waals surface area contributed by atoms with Crippen LogP contribution in [0.3, 0.4) is 0 Å². The molecule has 0 fully saturated rings. The van der Waals surface area contributed by atoms with Crippen LogP contribution in [0.25, 0.3) is 0 Å². The van der Waals surface area contributed by atoms with E-state index in [1.807, 2.05) is 19.9 Å². The molecule has 0 N–H and O–H groups in total. The summed E-state index contributed by atoms with van der Waals surface area (Å²) in [6, 6.07) is 5.03. The molecule has 0 atom stereocenters. The van der Waals surface area contributed by atoms with Gasteiger partial charge in [-0.3, -0.25) is 0 Å². The van der Waals surface area contributed by atoms with Crippen molar-refractivity contribution in [2.45, 2.75) is 20.5 Å². The van der Waals surface area contributed by atoms with Crippen molar-refractivity contribution in [2.75, 3.05) is 0 Å². The summed E-state index contributed by atoms with van der Waals surface area (Å²) < 4.78 is 28.9. The van der Waals surface area contributed by atoms with Crippen molar-refractivity contribution in [1.29, 1.82) is 0 Å². The van der Waals surface area contributed by atoms with Gasteiger partial charge in [0.1, 0.15) is 5.75 Å². The fourth-order valence-electron chi connectivity index (χ4n) is 1.08. The van der Waals surface area contributed by atoms with E-state index in [1.165, 1.54) is 6.07 Å². The Bertz CT molecular complexity index is 313. The molecule has 0 saturated carbocycles. The van der Waals surface area contributed by atoms with Crippen LogP contribution >= 0.6 is 15.9 Å². The first-order valence-corrected chi connectivity index (χ1v) is 4.85. The van der Waals surface area contributed by atoms with Gasteiger partial charge in [0.2, 0.25) is 0 Å². The Kier molecular flexibility index (Phi) is 3.86. The van der Waals surface area contributed by atoms with E-state index < -0.39 is 6.61 Å². The summed E-state index contributed by atoms with van der Waals surface area (Å²) in [5.74, 6) is 1.20. The lowest BCUT2D eigenvalue weighted by atomic mass is 10.0. The molecule has 0 saturated heterocycles. The number of hydrogen-bond acceptors (Lipinski definition) is 1. The van der Waals surface area contributed by atoms with Gasteiger partial charge >= 0.3 is 6.61 Å². The molecule has 0 spiro atoms. The number of alkyl halides is 2. The molecule has 1 aromatic rings. The van der Waals surface area contributed by atoms with Gasteiger partial charge in [-0.2, -0.15) is 8.78 Å². The lowest BCUT2D eigenvalue weighted by Gasteiger charge is -2.12. The monoisotopic (exact) mass is 263 g/mol. The Morgan fingerprint density at radius 2 is 2.00 bits per heavy atom. The number of benzene rings is 1. The Balaban J connectivity index is 3.01. The Morgan fingerprint density at radius 1 is 1.36 bits per heavy atom. The molecule has 1 rings (SSSR count). The fraction of sp³-hybridized carbons (Fsp3) is 0.300. The molecule has 4 heteroatoms. The second-order valence-corrected chi connectivity index (χ2v) is 3.79. The van der Waals surface area contributed by atoms with E-state index in [4.69, 9.17) is 0 Å². The molecule has 0 aliphatic heterocycles. The minimum absolute atomic E-state index is 0.165. The Morgan fingerprint density at radius 3 is 2.50 bits per heavy atom. The number of hydrogen-bond donors (Lipinski definition) is 0. The lowest BCUT2D eigenvalue weighted by molar-refractivity contribution is -0.0503. The zero-order valence-corrected chi connectivity index (χ0v) is 9.44. The lowest BCUT2D eigenvalue weighted by Crippen LogP contribution is -2.03. The molecule has 0 unspecified atom stereocenters. The maximum Gasteiger partial charge on any atom is 0.387 e. The first kappa shape index (κ1) is 11.4. The molecule has 1 nitrogen and oxygen atoms in total. The Labute approximate surface area is 90.2 Å². The first-order chi connectivity index (χ1) is 6.52. The van der Waals surface area contributed by atoms with Gasteiger partial charge in [-0.25, -0.2) is 0 Å². The van der Waals surface area contributed by atoms with Gasteiger partial charge in [0.15, 0.2) is 0 Å². The van der Waals surface area contributed by atoms with Gasteiger partial charge in [-0.15, -0.1) is 0 Å². The number of ether oxygens (including phenoxy) is 1. The molecule has 14 heavy (non-hydrogen) atoms. The summed E-state index contributed by atoms with van der Waals surface area (Å²) in [5.41, 5.74) is 0.878. The zero-order chi connectivity index (χ0) is 10.7. The summed E-state index contributed by atoms with van der Waals surface area (Å²) >= 11 is 3.23. The molecule has 0 bridgehead atoms. The van der Waals surface area contributed by atoms with E-state index in [1.54, 1.807) is 6.07 Å². The highest BCUT2D eigenvalue weighted by atomic mass is 79.9. The van der Waals surface area contributed by atoms with Gasteiger partial charge in [-0.1, -0.05) is 26.0 Å². The molecule has 1 radical (unpaired) electrons. The Hall–Kier alpha value is -0.640. The fourth-order valence-corrected chi connectivity index (χ4v) is 1.84. The maximum absolute atomic E-state index is 12.0. The van der Waals surface area contributed by atoms with Gasteiger partial charge in [-0.05, 0) is 27.6 Å². The molecule has 0 amide bonds. The van der Waals surface area contributed by atoms with Crippen LogP contribution in [0.2, 0.25) is 0 Å². The van der Waals surface area contributed by atoms with E-state index in [0.717, 1.165) is 11.5 Å². The third-order valence-corrected chi connectivity index (χ3v) is 2.54. The summed E-state index contributed by atoms with van der Waals surface area (Å²) in [4.78, 5) is 0. The summed E-state index contributed by atoms with van der Waals surface area (Å²) in [6.07, 6.45) is 0. The van der Waals surface area contributed by atoms with Crippen LogP contribution in [-0.4, -0.2) is 6.61 Å². The quantitative estimate of drug-likeness (QED) is 0.801. The third-order valence-electron chi connectivity index (χ3n) is 1.72. The topological polar surface area (TPSA) is 9.23 Å². The molecule has 0 aromatic heterocycles. The van der Waals surface area contributed by atoms with Crippen LogP contribution in [0.5, 0.6) is 5.75 Å². The molecule has 0 aliphatic carbocycles. The number of halogens is 3. The first-order valence-electron chi connectivity index (χ1n) is 4.06. The van der Waals surface area contributed by atoms with E-state index in [-0.39, 0.29) is 5.75 Å². The SMILES string of the molecule is C[C](C)c1cccc(OC(F)F)c1Br. The van der Waals surface area contributed by atoms with E-state index in [0.29, 0.717) is 4.47 Å². The average molecular weight is 264 g/mol. The predicted octanol–water partition coefficient (Wildman–Crippen LogP) is 4.01. The van der Waals surface area contributed by atoms with Crippen molar-refractivity contribution in [2.24, 2.45) is 0 Å². The highest BCUT2D eigenvalue weighted by Crippen LogP contribution is 2.33. The minimum Gasteiger partial charge on any atom is -0.434 e. The zero-order valence-electron chi connectivity index (χ0n) is 7.85. The minimum atomic E-state index is -2.79. The molecular formula is C10H10BrF2O. The van der Waals surface area contributed by atoms with Crippen molar-refractivity contribution < 1.29 is 13.5 Å². The summed E-state index contributed by atoms with van der Waals surface area (Å²) in [5, 5.41) is 0. The van der Waals surface area contributed by atoms with E-state index >= 15 is 0 Å². The second-order valence-electron chi connectivity index (χ2n) is 3.00. The van der Waals surface area contributed by atoms with Gasteiger partial charge in [0.05, 0.1) is 4.47 Å². The van der Waals surface area contributed by atoms with E-state index in [9.17, 15) is 8.78 Å². The van der Waals surface area contributed by atoms with Gasteiger partial charge < -0.3 is 4.74 Å². The van der Waals surface area contributed by atoms with Crippen molar-refractivity contribution in [1.82, 2.24) is 0 Å². The molecule has 0 heterocycles. The van der Waals surface area contributed by atoms with E-state index in [2.05, 4.69) is 20.7 Å². The van der Waals surface area contributed by atoms with Crippen molar-refractivity contribution in [3.63, 3.8) is 0 Å². The van der Waals surface area contributed by atoms with Crippen LogP contribution in [0.15, 0.2) is 22.7 Å². The van der Waals surface area contributed by atoms with Crippen LogP contribution in [0.1, 0.15) is 19.4 Å². The average Bonchev–Trinajstić information content (AvgIpc) is 2.07. The molecule has 0 aliphatic rings. The molecule has 77 valence electrons. The molecule has 1 aromatic carbocycles. The van der Waals surface area contributed by atoms with Crippen molar-refractivity contribution in [3.05, 3.63) is 34.2 Å². The normalized spacial score (nSPS) is 11.1. The van der Waals surface area contributed by atoms with Gasteiger partial charge in [0.25, 0.3) is 0 Å². The highest BCUT2D eigenvalue weighted by molar-refractivity contribution is 9.10. The number of rotatable bonds is 3. The standard InChI is InChI=1S/C10H10BrF2O/c1-6(2)7-4-3-5-8(9(7)11)14-10(12)13/h3-5,10H,1-2H3. The van der Waals surface area contributed by atoms with Crippen LogP contribution < -0.4 is 4.74 Å². The van der Waals surface area contributed by atoms with Crippen LogP contribution in [-0.2, 0) is 0 Å². The predicted molar refractivity (Wildman–Crippen MR) is 54.5 cm³/mol. The highest BCUT2D eigenvalue weighted by Gasteiger charge is 2.12. The summed E-state index contributed by atoms with van der Waals surface area (Å²) in [7, 11) is 0. The van der Waals surface area contributed by atoms with Crippen molar-refractivity contribution in [3.8, 4) is 5.75 Å². The maximum atomic E-state index is 12.0. The third kappa shape index (κ3) is 2.67. The van der Waals surface area contributed by atoms with Crippen LogP contribution in [0.4, 0.5) is 8.78 Å². The largest absolute Gasteiger partial charge is 0.434 e. The second kappa shape index (κ2) is 4.73.